The van der Waals surface area contributed by atoms with E-state index < -0.39 is 28.0 Å². The maximum Gasteiger partial charge on any atom is 0.308 e. The van der Waals surface area contributed by atoms with Gasteiger partial charge in [0, 0.05) is 31.7 Å². The third-order valence-electron chi connectivity index (χ3n) is 4.76. The lowest BCUT2D eigenvalue weighted by molar-refractivity contribution is -0.144. The first kappa shape index (κ1) is 19.4. The molecule has 0 aromatic heterocycles. The summed E-state index contributed by atoms with van der Waals surface area (Å²) >= 11 is 0. The summed E-state index contributed by atoms with van der Waals surface area (Å²) in [6.45, 7) is 4.24. The molecular formula is C17H24N2O5S. The van der Waals surface area contributed by atoms with Crippen LogP contribution in [0.3, 0.4) is 0 Å². The summed E-state index contributed by atoms with van der Waals surface area (Å²) in [7, 11) is -2.22. The lowest BCUT2D eigenvalue weighted by Crippen LogP contribution is -2.49. The predicted molar refractivity (Wildman–Crippen MR) is 92.8 cm³/mol. The number of carbonyl (C=O) groups is 2. The molecule has 0 spiro atoms. The fourth-order valence-corrected chi connectivity index (χ4v) is 4.82. The molecule has 1 amide bonds. The van der Waals surface area contributed by atoms with Gasteiger partial charge in [0.1, 0.15) is 0 Å². The van der Waals surface area contributed by atoms with Crippen molar-refractivity contribution in [2.24, 2.45) is 5.92 Å². The van der Waals surface area contributed by atoms with Gasteiger partial charge in [0.15, 0.2) is 0 Å². The maximum absolute atomic E-state index is 13.0. The van der Waals surface area contributed by atoms with Crippen LogP contribution in [0.5, 0.6) is 0 Å². The lowest BCUT2D eigenvalue weighted by Gasteiger charge is -2.36. The van der Waals surface area contributed by atoms with Crippen LogP contribution in [0.1, 0.15) is 37.0 Å². The van der Waals surface area contributed by atoms with Crippen LogP contribution in [-0.4, -0.2) is 60.8 Å². The van der Waals surface area contributed by atoms with Gasteiger partial charge in [0.25, 0.3) is 5.91 Å². The molecule has 1 heterocycles. The second-order valence-corrected chi connectivity index (χ2v) is 8.18. The van der Waals surface area contributed by atoms with Gasteiger partial charge in [-0.25, -0.2) is 8.42 Å². The van der Waals surface area contributed by atoms with Crippen LogP contribution in [0.15, 0.2) is 29.2 Å². The van der Waals surface area contributed by atoms with Crippen LogP contribution < -0.4 is 0 Å². The number of rotatable bonds is 5. The van der Waals surface area contributed by atoms with E-state index in [2.05, 4.69) is 0 Å². The van der Waals surface area contributed by atoms with Gasteiger partial charge >= 0.3 is 5.97 Å². The van der Waals surface area contributed by atoms with Crippen molar-refractivity contribution in [1.29, 1.82) is 0 Å². The van der Waals surface area contributed by atoms with Crippen LogP contribution in [0.4, 0.5) is 0 Å². The van der Waals surface area contributed by atoms with Crippen molar-refractivity contribution >= 4 is 21.9 Å². The Kier molecular flexibility index (Phi) is 5.84. The molecule has 25 heavy (non-hydrogen) atoms. The van der Waals surface area contributed by atoms with Gasteiger partial charge in [-0.15, -0.1) is 0 Å². The number of carboxylic acid groups (broad SMARTS) is 1. The highest BCUT2D eigenvalue weighted by Gasteiger charge is 2.39. The number of aliphatic carboxylic acids is 1. The van der Waals surface area contributed by atoms with E-state index in [1.165, 1.54) is 27.4 Å². The number of hydrogen-bond donors (Lipinski definition) is 1. The Balaban J connectivity index is 2.36. The molecule has 1 N–H and O–H groups in total. The highest BCUT2D eigenvalue weighted by molar-refractivity contribution is 7.89. The lowest BCUT2D eigenvalue weighted by atomic mass is 9.92. The van der Waals surface area contributed by atoms with E-state index in [0.717, 1.165) is 0 Å². The summed E-state index contributed by atoms with van der Waals surface area (Å²) in [6.07, 6.45) is 0.958. The normalized spacial score (nSPS) is 21.7. The van der Waals surface area contributed by atoms with E-state index in [-0.39, 0.29) is 17.3 Å². The first-order valence-corrected chi connectivity index (χ1v) is 9.74. The third-order valence-corrected chi connectivity index (χ3v) is 6.74. The predicted octanol–water partition coefficient (Wildman–Crippen LogP) is 1.65. The summed E-state index contributed by atoms with van der Waals surface area (Å²) in [5, 5.41) is 9.30. The monoisotopic (exact) mass is 368 g/mol. The number of piperidine rings is 1. The molecule has 0 aliphatic carbocycles. The van der Waals surface area contributed by atoms with Gasteiger partial charge in [-0.2, -0.15) is 4.31 Å². The Bertz CT molecular complexity index is 762. The van der Waals surface area contributed by atoms with Gasteiger partial charge in [-0.3, -0.25) is 9.59 Å². The standard InChI is InChI=1S/C17H24N2O5S/c1-4-18(3)16(20)13-7-5-8-14(11-13)25(23,24)19-10-6-9-15(12(19)2)17(21)22/h5,7-8,11-12,15H,4,6,9-10H2,1-3H3,(H,21,22)/t12-,15-/m0/s1. The highest BCUT2D eigenvalue weighted by Crippen LogP contribution is 2.29. The summed E-state index contributed by atoms with van der Waals surface area (Å²) < 4.78 is 27.2. The smallest absolute Gasteiger partial charge is 0.308 e. The molecule has 1 aliphatic rings. The van der Waals surface area contributed by atoms with Crippen molar-refractivity contribution in [3.05, 3.63) is 29.8 Å². The summed E-state index contributed by atoms with van der Waals surface area (Å²) in [5.74, 6) is -1.96. The number of nitrogens with zero attached hydrogens (tertiary/aromatic N) is 2. The SMILES string of the molecule is CCN(C)C(=O)c1cccc(S(=O)(=O)N2CCC[C@H](C(=O)O)[C@@H]2C)c1. The summed E-state index contributed by atoms with van der Waals surface area (Å²) in [5.41, 5.74) is 0.296. The van der Waals surface area contributed by atoms with Crippen LogP contribution >= 0.6 is 0 Å². The molecule has 1 aromatic rings. The van der Waals surface area contributed by atoms with Crippen molar-refractivity contribution in [3.8, 4) is 0 Å². The molecule has 8 heteroatoms. The number of sulfonamides is 1. The summed E-state index contributed by atoms with van der Waals surface area (Å²) in [4.78, 5) is 25.1. The Hall–Kier alpha value is -1.93. The second kappa shape index (κ2) is 7.53. The van der Waals surface area contributed by atoms with Crippen molar-refractivity contribution in [2.75, 3.05) is 20.1 Å². The highest BCUT2D eigenvalue weighted by atomic mass is 32.2. The molecule has 0 bridgehead atoms. The van der Waals surface area contributed by atoms with E-state index in [4.69, 9.17) is 0 Å². The molecule has 0 unspecified atom stereocenters. The number of carbonyl (C=O) groups excluding carboxylic acids is 1. The van der Waals surface area contributed by atoms with E-state index in [0.29, 0.717) is 24.9 Å². The molecule has 1 saturated heterocycles. The topological polar surface area (TPSA) is 95.0 Å². The van der Waals surface area contributed by atoms with E-state index in [1.807, 2.05) is 6.92 Å². The molecule has 2 atom stereocenters. The first-order chi connectivity index (χ1) is 11.7. The van der Waals surface area contributed by atoms with Crippen LogP contribution in [0, 0.1) is 5.92 Å². The Morgan fingerprint density at radius 1 is 1.36 bits per heavy atom. The van der Waals surface area contributed by atoms with Gasteiger partial charge < -0.3 is 10.0 Å². The zero-order valence-corrected chi connectivity index (χ0v) is 15.5. The number of benzene rings is 1. The van der Waals surface area contributed by atoms with Crippen molar-refractivity contribution in [1.82, 2.24) is 9.21 Å². The van der Waals surface area contributed by atoms with Crippen molar-refractivity contribution < 1.29 is 23.1 Å². The minimum atomic E-state index is -3.87. The van der Waals surface area contributed by atoms with Crippen molar-refractivity contribution in [3.63, 3.8) is 0 Å². The molecule has 0 radical (unpaired) electrons. The van der Waals surface area contributed by atoms with E-state index in [9.17, 15) is 23.1 Å². The maximum atomic E-state index is 13.0. The molecule has 2 rings (SSSR count). The second-order valence-electron chi connectivity index (χ2n) is 6.29. The summed E-state index contributed by atoms with van der Waals surface area (Å²) in [6, 6.07) is 5.28. The minimum absolute atomic E-state index is 0.0146. The van der Waals surface area contributed by atoms with Crippen LogP contribution in [0.2, 0.25) is 0 Å². The fraction of sp³-hybridized carbons (Fsp3) is 0.529. The average molecular weight is 368 g/mol. The average Bonchev–Trinajstić information content (AvgIpc) is 2.60. The van der Waals surface area contributed by atoms with Crippen LogP contribution in [-0.2, 0) is 14.8 Å². The number of carboxylic acids is 1. The Labute approximate surface area is 148 Å². The fourth-order valence-electron chi connectivity index (χ4n) is 3.07. The van der Waals surface area contributed by atoms with Gasteiger partial charge in [-0.05, 0) is 44.9 Å². The minimum Gasteiger partial charge on any atom is -0.481 e. The molecular weight excluding hydrogens is 344 g/mol. The quantitative estimate of drug-likeness (QED) is 0.853. The molecule has 138 valence electrons. The van der Waals surface area contributed by atoms with E-state index >= 15 is 0 Å². The van der Waals surface area contributed by atoms with Crippen molar-refractivity contribution in [2.45, 2.75) is 37.6 Å². The first-order valence-electron chi connectivity index (χ1n) is 8.30. The van der Waals surface area contributed by atoms with Crippen LogP contribution in [0.25, 0.3) is 0 Å². The number of amides is 1. The largest absolute Gasteiger partial charge is 0.481 e. The van der Waals surface area contributed by atoms with Gasteiger partial charge in [0.05, 0.1) is 10.8 Å². The number of hydrogen-bond acceptors (Lipinski definition) is 4. The van der Waals surface area contributed by atoms with Gasteiger partial charge in [0.2, 0.25) is 10.0 Å². The molecule has 1 aromatic carbocycles. The molecule has 1 fully saturated rings. The molecule has 0 saturated carbocycles. The Morgan fingerprint density at radius 3 is 2.64 bits per heavy atom. The zero-order chi connectivity index (χ0) is 18.8. The molecule has 7 nitrogen and oxygen atoms in total. The van der Waals surface area contributed by atoms with Gasteiger partial charge in [-0.1, -0.05) is 6.07 Å². The Morgan fingerprint density at radius 2 is 2.04 bits per heavy atom. The zero-order valence-electron chi connectivity index (χ0n) is 14.7. The van der Waals surface area contributed by atoms with E-state index in [1.54, 1.807) is 20.0 Å². The molecule has 1 aliphatic heterocycles. The third kappa shape index (κ3) is 3.85.